The van der Waals surface area contributed by atoms with Gasteiger partial charge in [-0.2, -0.15) is 13.4 Å². The molecule has 12 nitrogen and oxygen atoms in total. The molecular formula is C31H42N4O8S2. The topological polar surface area (TPSA) is 163 Å². The maximum Gasteiger partial charge on any atom is 0.407 e. The number of hydrogen-bond acceptors (Lipinski definition) is 10. The molecule has 3 rings (SSSR count). The van der Waals surface area contributed by atoms with E-state index in [-0.39, 0.29) is 34.8 Å². The molecule has 45 heavy (non-hydrogen) atoms. The van der Waals surface area contributed by atoms with Crippen molar-refractivity contribution in [3.8, 4) is 17.1 Å². The van der Waals surface area contributed by atoms with Crippen LogP contribution in [0.2, 0.25) is 0 Å². The zero-order valence-corrected chi connectivity index (χ0v) is 28.5. The van der Waals surface area contributed by atoms with Crippen molar-refractivity contribution in [2.75, 3.05) is 18.4 Å². The number of amides is 1. The SMILES string of the molecule is COS(=O)(=O)Cc1cccc(S(=O)(=O)Nc2nc(OC[C@@H](CC(C)C)NC(=O)OC(C)(C)C)cc(-c3c(C)cccc3C)n2)c1. The number of benzene rings is 2. The van der Waals surface area contributed by atoms with Gasteiger partial charge in [0.05, 0.1) is 23.7 Å². The van der Waals surface area contributed by atoms with E-state index < -0.39 is 43.6 Å². The Balaban J connectivity index is 1.98. The van der Waals surface area contributed by atoms with Crippen molar-refractivity contribution in [3.63, 3.8) is 0 Å². The van der Waals surface area contributed by atoms with Crippen LogP contribution < -0.4 is 14.8 Å². The van der Waals surface area contributed by atoms with Crippen LogP contribution in [0.1, 0.15) is 57.7 Å². The predicted octanol–water partition coefficient (Wildman–Crippen LogP) is 5.36. The second kappa shape index (κ2) is 14.6. The lowest BCUT2D eigenvalue weighted by atomic mass is 10.00. The van der Waals surface area contributed by atoms with Crippen LogP contribution >= 0.6 is 0 Å². The highest BCUT2D eigenvalue weighted by Crippen LogP contribution is 2.29. The number of anilines is 1. The molecule has 0 saturated carbocycles. The summed E-state index contributed by atoms with van der Waals surface area (Å²) in [4.78, 5) is 21.2. The van der Waals surface area contributed by atoms with Crippen molar-refractivity contribution in [2.45, 2.75) is 77.2 Å². The number of nitrogens with zero attached hydrogens (tertiary/aromatic N) is 2. The molecule has 2 aromatic carbocycles. The largest absolute Gasteiger partial charge is 0.475 e. The molecule has 1 atom stereocenters. The lowest BCUT2D eigenvalue weighted by Crippen LogP contribution is -2.42. The van der Waals surface area contributed by atoms with E-state index in [2.05, 4.69) is 24.2 Å². The fourth-order valence-electron chi connectivity index (χ4n) is 4.53. The van der Waals surface area contributed by atoms with Crippen LogP contribution in [0.3, 0.4) is 0 Å². The molecule has 1 amide bonds. The molecule has 0 spiro atoms. The first-order chi connectivity index (χ1) is 20.9. The maximum atomic E-state index is 13.4. The van der Waals surface area contributed by atoms with Gasteiger partial charge in [-0.05, 0) is 75.8 Å². The first kappa shape index (κ1) is 35.7. The zero-order valence-electron chi connectivity index (χ0n) is 26.9. The Morgan fingerprint density at radius 3 is 2.20 bits per heavy atom. The summed E-state index contributed by atoms with van der Waals surface area (Å²) in [5.41, 5.74) is 2.57. The highest BCUT2D eigenvalue weighted by atomic mass is 32.2. The number of rotatable bonds is 13. The molecule has 0 unspecified atom stereocenters. The number of carbonyl (C=O) groups excluding carboxylic acids is 1. The Morgan fingerprint density at radius 2 is 1.60 bits per heavy atom. The van der Waals surface area contributed by atoms with Gasteiger partial charge < -0.3 is 14.8 Å². The molecule has 3 aromatic rings. The minimum Gasteiger partial charge on any atom is -0.475 e. The zero-order chi connectivity index (χ0) is 33.6. The van der Waals surface area contributed by atoms with Crippen molar-refractivity contribution in [2.24, 2.45) is 5.92 Å². The van der Waals surface area contributed by atoms with E-state index in [1.165, 1.54) is 24.3 Å². The molecule has 0 fully saturated rings. The van der Waals surface area contributed by atoms with Crippen LogP contribution in [0.15, 0.2) is 53.4 Å². The molecule has 0 aliphatic rings. The highest BCUT2D eigenvalue weighted by Gasteiger charge is 2.23. The normalized spacial score (nSPS) is 12.9. The van der Waals surface area contributed by atoms with Crippen molar-refractivity contribution >= 4 is 32.2 Å². The third-order valence-corrected chi connectivity index (χ3v) is 8.90. The van der Waals surface area contributed by atoms with Crippen LogP contribution in [-0.2, 0) is 34.8 Å². The highest BCUT2D eigenvalue weighted by molar-refractivity contribution is 7.92. The number of sulfonamides is 1. The van der Waals surface area contributed by atoms with Gasteiger partial charge in [0, 0.05) is 11.6 Å². The van der Waals surface area contributed by atoms with Crippen LogP contribution in [-0.4, -0.2) is 58.3 Å². The molecule has 1 heterocycles. The summed E-state index contributed by atoms with van der Waals surface area (Å²) in [6, 6.07) is 12.4. The summed E-state index contributed by atoms with van der Waals surface area (Å²) in [7, 11) is -7.09. The fraction of sp³-hybridized carbons (Fsp3) is 0.452. The Labute approximate surface area is 266 Å². The van der Waals surface area contributed by atoms with Gasteiger partial charge in [0.2, 0.25) is 11.8 Å². The molecule has 0 aliphatic carbocycles. The summed E-state index contributed by atoms with van der Waals surface area (Å²) in [6.07, 6.45) is 0.00698. The Kier molecular flexibility index (Phi) is 11.6. The number of alkyl carbamates (subject to hydrolysis) is 1. The molecule has 1 aromatic heterocycles. The Morgan fingerprint density at radius 1 is 0.956 bits per heavy atom. The Bertz CT molecular complexity index is 1700. The number of nitrogens with one attached hydrogen (secondary N) is 2. The number of carbonyl (C=O) groups is 1. The fourth-order valence-corrected chi connectivity index (χ4v) is 6.25. The summed E-state index contributed by atoms with van der Waals surface area (Å²) < 4.78 is 69.1. The monoisotopic (exact) mass is 662 g/mol. The molecule has 0 radical (unpaired) electrons. The molecule has 2 N–H and O–H groups in total. The van der Waals surface area contributed by atoms with Crippen LogP contribution in [0.5, 0.6) is 5.88 Å². The first-order valence-electron chi connectivity index (χ1n) is 14.4. The van der Waals surface area contributed by atoms with Gasteiger partial charge in [-0.15, -0.1) is 0 Å². The third-order valence-electron chi connectivity index (χ3n) is 6.38. The Hall–Kier alpha value is -3.75. The summed E-state index contributed by atoms with van der Waals surface area (Å²) in [5.74, 6) is -0.445. The van der Waals surface area contributed by atoms with E-state index >= 15 is 0 Å². The predicted molar refractivity (Wildman–Crippen MR) is 172 cm³/mol. The van der Waals surface area contributed by atoms with Crippen LogP contribution in [0.4, 0.5) is 10.7 Å². The van der Waals surface area contributed by atoms with Gasteiger partial charge in [0.25, 0.3) is 20.1 Å². The van der Waals surface area contributed by atoms with Crippen LogP contribution in [0.25, 0.3) is 11.3 Å². The average Bonchev–Trinajstić information content (AvgIpc) is 2.90. The number of ether oxygens (including phenoxy) is 2. The minimum absolute atomic E-state index is 0.0306. The molecule has 0 saturated heterocycles. The number of hydrogen-bond donors (Lipinski definition) is 2. The van der Waals surface area contributed by atoms with E-state index in [4.69, 9.17) is 9.47 Å². The van der Waals surface area contributed by atoms with Crippen molar-refractivity contribution < 1.29 is 35.3 Å². The lowest BCUT2D eigenvalue weighted by Gasteiger charge is -2.24. The van der Waals surface area contributed by atoms with E-state index in [0.29, 0.717) is 12.1 Å². The van der Waals surface area contributed by atoms with Crippen molar-refractivity contribution in [1.82, 2.24) is 15.3 Å². The molecule has 0 aliphatic heterocycles. The van der Waals surface area contributed by atoms with E-state index in [9.17, 15) is 21.6 Å². The summed E-state index contributed by atoms with van der Waals surface area (Å²) in [6.45, 7) is 13.2. The molecule has 0 bridgehead atoms. The maximum absolute atomic E-state index is 13.4. The lowest BCUT2D eigenvalue weighted by molar-refractivity contribution is 0.0479. The van der Waals surface area contributed by atoms with E-state index in [1.807, 2.05) is 45.9 Å². The summed E-state index contributed by atoms with van der Waals surface area (Å²) >= 11 is 0. The first-order valence-corrected chi connectivity index (χ1v) is 17.4. The van der Waals surface area contributed by atoms with Gasteiger partial charge in [0.15, 0.2) is 0 Å². The van der Waals surface area contributed by atoms with Gasteiger partial charge in [0.1, 0.15) is 18.0 Å². The van der Waals surface area contributed by atoms with Crippen LogP contribution in [0, 0.1) is 19.8 Å². The second-order valence-corrected chi connectivity index (χ2v) is 15.5. The van der Waals surface area contributed by atoms with Gasteiger partial charge >= 0.3 is 6.09 Å². The third kappa shape index (κ3) is 11.0. The minimum atomic E-state index is -4.25. The number of aromatic nitrogens is 2. The van der Waals surface area contributed by atoms with Gasteiger partial charge in [-0.3, -0.25) is 4.18 Å². The second-order valence-electron chi connectivity index (χ2n) is 12.1. The van der Waals surface area contributed by atoms with Gasteiger partial charge in [-0.25, -0.2) is 22.9 Å². The van der Waals surface area contributed by atoms with E-state index in [0.717, 1.165) is 23.8 Å². The van der Waals surface area contributed by atoms with Gasteiger partial charge in [-0.1, -0.05) is 44.2 Å². The van der Waals surface area contributed by atoms with E-state index in [1.54, 1.807) is 26.8 Å². The molecular weight excluding hydrogens is 620 g/mol. The standard InChI is InChI=1S/C31H42N4O8S2/c1-20(2)15-24(32-30(36)43-31(5,6)7)18-42-27-17-26(28-21(3)11-9-12-22(28)4)33-29(34-27)35-45(39,40)25-14-10-13-23(16-25)19-44(37,38)41-8/h9-14,16-17,20,24H,15,18-19H2,1-8H3,(H,32,36)(H,33,34,35)/t24-/m1/s1. The molecule has 246 valence electrons. The average molecular weight is 663 g/mol. The molecule has 14 heteroatoms. The van der Waals surface area contributed by atoms with Crippen molar-refractivity contribution in [1.29, 1.82) is 0 Å². The van der Waals surface area contributed by atoms with Crippen molar-refractivity contribution in [3.05, 3.63) is 65.2 Å². The number of aryl methyl sites for hydroxylation is 2. The smallest absolute Gasteiger partial charge is 0.407 e. The quantitative estimate of drug-likeness (QED) is 0.228. The summed E-state index contributed by atoms with van der Waals surface area (Å²) in [5, 5.41) is 2.85.